The number of aromatic nitrogens is 2. The number of aryl methyl sites for hydroxylation is 1. The van der Waals surface area contributed by atoms with Gasteiger partial charge in [0.15, 0.2) is 0 Å². The normalized spacial score (nSPS) is 14.3. The zero-order valence-electron chi connectivity index (χ0n) is 12.8. The monoisotopic (exact) mass is 336 g/mol. The number of hydrogen-bond donors (Lipinski definition) is 2. The van der Waals surface area contributed by atoms with Crippen molar-refractivity contribution >= 4 is 17.4 Å². The molecule has 2 aromatic rings. The average Bonchev–Trinajstić information content (AvgIpc) is 3.30. The van der Waals surface area contributed by atoms with Crippen LogP contribution in [0.1, 0.15) is 34.7 Å². The number of alkyl halides is 3. The minimum absolute atomic E-state index is 0.207. The maximum absolute atomic E-state index is 12.6. The number of anilines is 2. The zero-order valence-corrected chi connectivity index (χ0v) is 12.8. The summed E-state index contributed by atoms with van der Waals surface area (Å²) in [6, 6.07) is 6.27. The second-order valence-electron chi connectivity index (χ2n) is 5.63. The van der Waals surface area contributed by atoms with Gasteiger partial charge in [-0.1, -0.05) is 0 Å². The van der Waals surface area contributed by atoms with Crippen LogP contribution in [0.3, 0.4) is 0 Å². The molecule has 1 aromatic carbocycles. The molecular weight excluding hydrogens is 321 g/mol. The van der Waals surface area contributed by atoms with Gasteiger partial charge in [-0.3, -0.25) is 4.79 Å². The van der Waals surface area contributed by atoms with Crippen LogP contribution in [-0.4, -0.2) is 21.9 Å². The van der Waals surface area contributed by atoms with Crippen molar-refractivity contribution in [3.63, 3.8) is 0 Å². The largest absolute Gasteiger partial charge is 0.416 e. The minimum Gasteiger partial charge on any atom is -0.348 e. The first-order valence-corrected chi connectivity index (χ1v) is 7.42. The van der Waals surface area contributed by atoms with Gasteiger partial charge in [0.25, 0.3) is 5.91 Å². The summed E-state index contributed by atoms with van der Waals surface area (Å²) in [6.45, 7) is 1.64. The Morgan fingerprint density at radius 2 is 1.83 bits per heavy atom. The molecule has 0 aliphatic heterocycles. The highest BCUT2D eigenvalue weighted by atomic mass is 19.4. The van der Waals surface area contributed by atoms with E-state index in [1.165, 1.54) is 18.2 Å². The number of hydrogen-bond acceptors (Lipinski definition) is 4. The van der Waals surface area contributed by atoms with E-state index in [0.29, 0.717) is 17.3 Å². The molecule has 1 heterocycles. The molecule has 8 heteroatoms. The van der Waals surface area contributed by atoms with E-state index in [2.05, 4.69) is 20.6 Å². The lowest BCUT2D eigenvalue weighted by Crippen LogP contribution is -2.26. The topological polar surface area (TPSA) is 66.9 Å². The van der Waals surface area contributed by atoms with E-state index in [-0.39, 0.29) is 17.6 Å². The van der Waals surface area contributed by atoms with Gasteiger partial charge in [0, 0.05) is 17.8 Å². The van der Waals surface area contributed by atoms with E-state index in [4.69, 9.17) is 0 Å². The molecule has 0 atom stereocenters. The summed E-state index contributed by atoms with van der Waals surface area (Å²) in [5, 5.41) is 5.72. The van der Waals surface area contributed by atoms with E-state index < -0.39 is 11.7 Å². The summed E-state index contributed by atoms with van der Waals surface area (Å²) >= 11 is 0. The van der Waals surface area contributed by atoms with Crippen molar-refractivity contribution in [2.45, 2.75) is 32.0 Å². The molecule has 0 unspecified atom stereocenters. The van der Waals surface area contributed by atoms with Crippen LogP contribution < -0.4 is 10.6 Å². The van der Waals surface area contributed by atoms with Gasteiger partial charge in [0.2, 0.25) is 0 Å². The van der Waals surface area contributed by atoms with E-state index >= 15 is 0 Å². The van der Waals surface area contributed by atoms with Crippen LogP contribution in [0.2, 0.25) is 0 Å². The molecule has 1 amide bonds. The first kappa shape index (κ1) is 16.2. The van der Waals surface area contributed by atoms with Crippen LogP contribution in [-0.2, 0) is 6.18 Å². The van der Waals surface area contributed by atoms with Crippen molar-refractivity contribution in [3.05, 3.63) is 47.4 Å². The van der Waals surface area contributed by atoms with E-state index in [1.54, 1.807) is 6.92 Å². The molecule has 1 saturated carbocycles. The minimum atomic E-state index is -4.38. The van der Waals surface area contributed by atoms with Gasteiger partial charge in [-0.25, -0.2) is 9.97 Å². The predicted molar refractivity (Wildman–Crippen MR) is 82.0 cm³/mol. The second-order valence-corrected chi connectivity index (χ2v) is 5.63. The van der Waals surface area contributed by atoms with Crippen molar-refractivity contribution < 1.29 is 18.0 Å². The first-order chi connectivity index (χ1) is 11.3. The molecule has 3 rings (SSSR count). The molecule has 0 spiro atoms. The SMILES string of the molecule is Cc1nc(Nc2ccc(C(F)(F)F)cc2)cc(C(=O)NC2CC2)n1. The Balaban J connectivity index is 1.76. The smallest absolute Gasteiger partial charge is 0.348 e. The fraction of sp³-hybridized carbons (Fsp3) is 0.312. The molecule has 0 saturated heterocycles. The zero-order chi connectivity index (χ0) is 17.3. The Hall–Kier alpha value is -2.64. The summed E-state index contributed by atoms with van der Waals surface area (Å²) in [4.78, 5) is 20.3. The lowest BCUT2D eigenvalue weighted by atomic mass is 10.2. The van der Waals surface area contributed by atoms with E-state index in [9.17, 15) is 18.0 Å². The summed E-state index contributed by atoms with van der Waals surface area (Å²) < 4.78 is 37.7. The maximum Gasteiger partial charge on any atom is 0.416 e. The predicted octanol–water partition coefficient (Wildman–Crippen LogP) is 3.44. The van der Waals surface area contributed by atoms with Crippen LogP contribution >= 0.6 is 0 Å². The molecular formula is C16H15F3N4O. The lowest BCUT2D eigenvalue weighted by Gasteiger charge is -2.10. The molecule has 2 N–H and O–H groups in total. The van der Waals surface area contributed by atoms with Crippen LogP contribution in [0.15, 0.2) is 30.3 Å². The molecule has 1 fully saturated rings. The number of benzene rings is 1. The third-order valence-electron chi connectivity index (χ3n) is 3.47. The van der Waals surface area contributed by atoms with E-state index in [1.807, 2.05) is 0 Å². The second kappa shape index (κ2) is 6.10. The number of carbonyl (C=O) groups is 1. The number of rotatable bonds is 4. The van der Waals surface area contributed by atoms with Crippen LogP contribution in [0.25, 0.3) is 0 Å². The maximum atomic E-state index is 12.6. The Morgan fingerprint density at radius 3 is 2.42 bits per heavy atom. The average molecular weight is 336 g/mol. The Morgan fingerprint density at radius 1 is 1.17 bits per heavy atom. The highest BCUT2D eigenvalue weighted by Gasteiger charge is 2.30. The molecule has 1 aliphatic rings. The summed E-state index contributed by atoms with van der Waals surface area (Å²) in [5.41, 5.74) is -0.0603. The van der Waals surface area contributed by atoms with Gasteiger partial charge in [0.1, 0.15) is 17.3 Å². The molecule has 1 aromatic heterocycles. The molecule has 1 aliphatic carbocycles. The van der Waals surface area contributed by atoms with Crippen molar-refractivity contribution in [2.24, 2.45) is 0 Å². The standard InChI is InChI=1S/C16H15F3N4O/c1-9-20-13(15(24)23-12-6-7-12)8-14(21-9)22-11-4-2-10(3-5-11)16(17,18)19/h2-5,8,12H,6-7H2,1H3,(H,23,24)(H,20,21,22). The van der Waals surface area contributed by atoms with Crippen molar-refractivity contribution in [1.29, 1.82) is 0 Å². The third-order valence-corrected chi connectivity index (χ3v) is 3.47. The quantitative estimate of drug-likeness (QED) is 0.897. The van der Waals surface area contributed by atoms with Gasteiger partial charge >= 0.3 is 6.18 Å². The summed E-state index contributed by atoms with van der Waals surface area (Å²) in [6.07, 6.45) is -2.45. The van der Waals surface area contributed by atoms with Crippen LogP contribution in [0.4, 0.5) is 24.7 Å². The van der Waals surface area contributed by atoms with Gasteiger partial charge in [0.05, 0.1) is 5.56 Å². The molecule has 126 valence electrons. The number of nitrogens with one attached hydrogen (secondary N) is 2. The number of nitrogens with zero attached hydrogens (tertiary/aromatic N) is 2. The molecule has 0 bridgehead atoms. The van der Waals surface area contributed by atoms with Crippen LogP contribution in [0.5, 0.6) is 0 Å². The Labute approximate surface area is 136 Å². The lowest BCUT2D eigenvalue weighted by molar-refractivity contribution is -0.137. The fourth-order valence-corrected chi connectivity index (χ4v) is 2.13. The number of carbonyl (C=O) groups excluding carboxylic acids is 1. The van der Waals surface area contributed by atoms with Gasteiger partial charge in [-0.2, -0.15) is 13.2 Å². The van der Waals surface area contributed by atoms with Crippen molar-refractivity contribution in [1.82, 2.24) is 15.3 Å². The van der Waals surface area contributed by atoms with Crippen molar-refractivity contribution in [3.8, 4) is 0 Å². The number of halogens is 3. The molecule has 24 heavy (non-hydrogen) atoms. The van der Waals surface area contributed by atoms with Gasteiger partial charge in [-0.05, 0) is 44.0 Å². The van der Waals surface area contributed by atoms with Crippen LogP contribution in [0, 0.1) is 6.92 Å². The summed E-state index contributed by atoms with van der Waals surface area (Å²) in [7, 11) is 0. The Bertz CT molecular complexity index is 755. The molecule has 0 radical (unpaired) electrons. The Kier molecular flexibility index (Phi) is 4.13. The molecule has 5 nitrogen and oxygen atoms in total. The highest BCUT2D eigenvalue weighted by Crippen LogP contribution is 2.30. The fourth-order valence-electron chi connectivity index (χ4n) is 2.13. The first-order valence-electron chi connectivity index (χ1n) is 7.42. The third kappa shape index (κ3) is 4.01. The summed E-state index contributed by atoms with van der Waals surface area (Å²) in [5.74, 6) is 0.467. The van der Waals surface area contributed by atoms with E-state index in [0.717, 1.165) is 25.0 Å². The van der Waals surface area contributed by atoms with Gasteiger partial charge in [-0.15, -0.1) is 0 Å². The number of amides is 1. The van der Waals surface area contributed by atoms with Crippen molar-refractivity contribution in [2.75, 3.05) is 5.32 Å². The highest BCUT2D eigenvalue weighted by molar-refractivity contribution is 5.93. The van der Waals surface area contributed by atoms with Gasteiger partial charge < -0.3 is 10.6 Å².